The highest BCUT2D eigenvalue weighted by Crippen LogP contribution is 2.36. The average Bonchev–Trinajstić information content (AvgIpc) is 2.48. The van der Waals surface area contributed by atoms with Gasteiger partial charge < -0.3 is 11.5 Å². The Morgan fingerprint density at radius 2 is 1.30 bits per heavy atom. The first kappa shape index (κ1) is 12.3. The van der Waals surface area contributed by atoms with Crippen molar-refractivity contribution in [2.24, 2.45) is 0 Å². The molecule has 20 heavy (non-hydrogen) atoms. The van der Waals surface area contributed by atoms with Crippen molar-refractivity contribution >= 4 is 11.4 Å². The van der Waals surface area contributed by atoms with Gasteiger partial charge in [-0.1, -0.05) is 54.6 Å². The maximum absolute atomic E-state index is 6.20. The number of benzene rings is 3. The normalized spacial score (nSPS) is 10.4. The van der Waals surface area contributed by atoms with E-state index in [-0.39, 0.29) is 0 Å². The zero-order chi connectivity index (χ0) is 13.9. The second-order valence-corrected chi connectivity index (χ2v) is 4.76. The zero-order valence-electron chi connectivity index (χ0n) is 11.1. The Morgan fingerprint density at radius 1 is 0.600 bits per heavy atom. The van der Waals surface area contributed by atoms with Crippen LogP contribution in [0.1, 0.15) is 0 Å². The predicted octanol–water partition coefficient (Wildman–Crippen LogP) is 4.19. The van der Waals surface area contributed by atoms with Gasteiger partial charge in [-0.2, -0.15) is 0 Å². The standard InChI is InChI=1S/C18H16N2/c19-15-9-4-8-14(12-15)16-10-5-11-17(20)18(16)13-6-2-1-3-7-13/h1-12H,19-20H2. The molecule has 3 aromatic carbocycles. The molecular weight excluding hydrogens is 244 g/mol. The summed E-state index contributed by atoms with van der Waals surface area (Å²) >= 11 is 0. The van der Waals surface area contributed by atoms with Crippen LogP contribution in [0.15, 0.2) is 72.8 Å². The molecule has 0 saturated heterocycles. The average molecular weight is 260 g/mol. The molecule has 3 aromatic rings. The van der Waals surface area contributed by atoms with Crippen LogP contribution in [0.25, 0.3) is 22.3 Å². The molecule has 0 spiro atoms. The molecule has 98 valence electrons. The summed E-state index contributed by atoms with van der Waals surface area (Å²) < 4.78 is 0. The van der Waals surface area contributed by atoms with Crippen molar-refractivity contribution in [3.63, 3.8) is 0 Å². The molecule has 0 aromatic heterocycles. The third kappa shape index (κ3) is 2.24. The summed E-state index contributed by atoms with van der Waals surface area (Å²) in [5.41, 5.74) is 18.0. The molecule has 2 nitrogen and oxygen atoms in total. The van der Waals surface area contributed by atoms with Crippen molar-refractivity contribution in [2.75, 3.05) is 11.5 Å². The highest BCUT2D eigenvalue weighted by molar-refractivity contribution is 5.91. The molecule has 0 unspecified atom stereocenters. The number of nitrogen functional groups attached to an aromatic ring is 2. The van der Waals surface area contributed by atoms with Crippen molar-refractivity contribution in [3.8, 4) is 22.3 Å². The first-order valence-electron chi connectivity index (χ1n) is 6.55. The van der Waals surface area contributed by atoms with E-state index >= 15 is 0 Å². The monoisotopic (exact) mass is 260 g/mol. The summed E-state index contributed by atoms with van der Waals surface area (Å²) in [5.74, 6) is 0. The fourth-order valence-corrected chi connectivity index (χ4v) is 2.44. The van der Waals surface area contributed by atoms with E-state index in [0.29, 0.717) is 0 Å². The minimum atomic E-state index is 0.754. The molecule has 0 aliphatic rings. The number of anilines is 2. The van der Waals surface area contributed by atoms with Crippen LogP contribution in [0, 0.1) is 0 Å². The summed E-state index contributed by atoms with van der Waals surface area (Å²) in [4.78, 5) is 0. The van der Waals surface area contributed by atoms with Crippen LogP contribution in [0.2, 0.25) is 0 Å². The smallest absolute Gasteiger partial charge is 0.0400 e. The molecule has 0 saturated carbocycles. The first-order chi connectivity index (χ1) is 9.75. The van der Waals surface area contributed by atoms with Gasteiger partial charge in [0, 0.05) is 16.9 Å². The van der Waals surface area contributed by atoms with Gasteiger partial charge in [-0.05, 0) is 34.9 Å². The summed E-state index contributed by atoms with van der Waals surface area (Å²) in [7, 11) is 0. The topological polar surface area (TPSA) is 52.0 Å². The van der Waals surface area contributed by atoms with Crippen molar-refractivity contribution in [2.45, 2.75) is 0 Å². The molecule has 0 amide bonds. The maximum atomic E-state index is 6.20. The van der Waals surface area contributed by atoms with Gasteiger partial charge >= 0.3 is 0 Å². The summed E-state index contributed by atoms with van der Waals surface area (Å²) in [6.45, 7) is 0. The van der Waals surface area contributed by atoms with Gasteiger partial charge in [0.2, 0.25) is 0 Å². The van der Waals surface area contributed by atoms with Gasteiger partial charge in [-0.3, -0.25) is 0 Å². The number of hydrogen-bond donors (Lipinski definition) is 2. The van der Waals surface area contributed by atoms with Gasteiger partial charge in [0.1, 0.15) is 0 Å². The van der Waals surface area contributed by atoms with E-state index < -0.39 is 0 Å². The second kappa shape index (κ2) is 5.10. The molecule has 0 fully saturated rings. The molecule has 0 bridgehead atoms. The quantitative estimate of drug-likeness (QED) is 0.679. The van der Waals surface area contributed by atoms with Crippen LogP contribution in [0.4, 0.5) is 11.4 Å². The lowest BCUT2D eigenvalue weighted by Crippen LogP contribution is -1.94. The van der Waals surface area contributed by atoms with E-state index in [4.69, 9.17) is 11.5 Å². The lowest BCUT2D eigenvalue weighted by molar-refractivity contribution is 1.57. The van der Waals surface area contributed by atoms with E-state index in [9.17, 15) is 0 Å². The fourth-order valence-electron chi connectivity index (χ4n) is 2.44. The van der Waals surface area contributed by atoms with E-state index in [0.717, 1.165) is 33.6 Å². The van der Waals surface area contributed by atoms with Crippen LogP contribution in [-0.4, -0.2) is 0 Å². The molecular formula is C18H16N2. The van der Waals surface area contributed by atoms with E-state index in [1.165, 1.54) is 0 Å². The van der Waals surface area contributed by atoms with Gasteiger partial charge in [0.05, 0.1) is 0 Å². The third-order valence-corrected chi connectivity index (χ3v) is 3.36. The van der Waals surface area contributed by atoms with Gasteiger partial charge in [-0.15, -0.1) is 0 Å². The lowest BCUT2D eigenvalue weighted by Gasteiger charge is -2.13. The Hall–Kier alpha value is -2.74. The molecule has 4 N–H and O–H groups in total. The molecule has 3 rings (SSSR count). The Morgan fingerprint density at radius 3 is 2.05 bits per heavy atom. The largest absolute Gasteiger partial charge is 0.399 e. The van der Waals surface area contributed by atoms with Gasteiger partial charge in [0.25, 0.3) is 0 Å². The molecule has 0 aliphatic heterocycles. The van der Waals surface area contributed by atoms with Crippen LogP contribution in [0.5, 0.6) is 0 Å². The lowest BCUT2D eigenvalue weighted by atomic mass is 9.93. The Balaban J connectivity index is 2.25. The van der Waals surface area contributed by atoms with Gasteiger partial charge in [0.15, 0.2) is 0 Å². The second-order valence-electron chi connectivity index (χ2n) is 4.76. The van der Waals surface area contributed by atoms with E-state index in [2.05, 4.69) is 24.3 Å². The maximum Gasteiger partial charge on any atom is 0.0400 e. The highest BCUT2D eigenvalue weighted by atomic mass is 14.6. The summed E-state index contributed by atoms with van der Waals surface area (Å²) in [6.07, 6.45) is 0. The van der Waals surface area contributed by atoms with E-state index in [1.54, 1.807) is 0 Å². The first-order valence-corrected chi connectivity index (χ1v) is 6.55. The Labute approximate surface area is 118 Å². The van der Waals surface area contributed by atoms with Crippen LogP contribution in [0.3, 0.4) is 0 Å². The Bertz CT molecular complexity index is 733. The SMILES string of the molecule is Nc1cccc(-c2cccc(N)c2-c2ccccc2)c1. The minimum Gasteiger partial charge on any atom is -0.399 e. The molecule has 0 heterocycles. The van der Waals surface area contributed by atoms with E-state index in [1.807, 2.05) is 48.5 Å². The zero-order valence-corrected chi connectivity index (χ0v) is 11.1. The van der Waals surface area contributed by atoms with Crippen molar-refractivity contribution in [3.05, 3.63) is 72.8 Å². The fraction of sp³-hybridized carbons (Fsp3) is 0. The third-order valence-electron chi connectivity index (χ3n) is 3.36. The van der Waals surface area contributed by atoms with Crippen LogP contribution < -0.4 is 11.5 Å². The minimum absolute atomic E-state index is 0.754. The molecule has 0 radical (unpaired) electrons. The molecule has 0 aliphatic carbocycles. The molecule has 2 heteroatoms. The van der Waals surface area contributed by atoms with Crippen LogP contribution in [-0.2, 0) is 0 Å². The summed E-state index contributed by atoms with van der Waals surface area (Å²) in [5, 5.41) is 0. The molecule has 0 atom stereocenters. The highest BCUT2D eigenvalue weighted by Gasteiger charge is 2.10. The predicted molar refractivity (Wildman–Crippen MR) is 86.1 cm³/mol. The number of rotatable bonds is 2. The van der Waals surface area contributed by atoms with Gasteiger partial charge in [-0.25, -0.2) is 0 Å². The number of nitrogens with two attached hydrogens (primary N) is 2. The van der Waals surface area contributed by atoms with Crippen molar-refractivity contribution < 1.29 is 0 Å². The summed E-state index contributed by atoms with van der Waals surface area (Å²) in [6, 6.07) is 24.0. The van der Waals surface area contributed by atoms with Crippen molar-refractivity contribution in [1.82, 2.24) is 0 Å². The Kier molecular flexibility index (Phi) is 3.13. The number of hydrogen-bond acceptors (Lipinski definition) is 2. The van der Waals surface area contributed by atoms with Crippen LogP contribution >= 0.6 is 0 Å². The van der Waals surface area contributed by atoms with Crippen molar-refractivity contribution in [1.29, 1.82) is 0 Å².